The lowest BCUT2D eigenvalue weighted by Crippen LogP contribution is -2.41. The summed E-state index contributed by atoms with van der Waals surface area (Å²) in [5.74, 6) is 1.36. The Morgan fingerprint density at radius 2 is 1.79 bits per heavy atom. The molecule has 0 bridgehead atoms. The Kier molecular flexibility index (Phi) is 9.08. The lowest BCUT2D eigenvalue weighted by atomic mass is 10.1. The van der Waals surface area contributed by atoms with Crippen molar-refractivity contribution in [2.75, 3.05) is 19.0 Å². The van der Waals surface area contributed by atoms with Gasteiger partial charge in [-0.1, -0.05) is 45.2 Å². The summed E-state index contributed by atoms with van der Waals surface area (Å²) in [6, 6.07) is 14.2. The fourth-order valence-electron chi connectivity index (χ4n) is 4.27. The molecule has 7 nitrogen and oxygen atoms in total. The van der Waals surface area contributed by atoms with E-state index in [1.54, 1.807) is 17.7 Å². The lowest BCUT2D eigenvalue weighted by Gasteiger charge is -2.32. The Morgan fingerprint density at radius 3 is 2.44 bits per heavy atom. The highest BCUT2D eigenvalue weighted by molar-refractivity contribution is 5.89. The summed E-state index contributed by atoms with van der Waals surface area (Å²) in [5, 5.41) is 3.62. The zero-order valence-corrected chi connectivity index (χ0v) is 20.7. The molecule has 0 aliphatic rings. The number of amides is 2. The number of nitrogens with zero attached hydrogens (tertiary/aromatic N) is 3. The maximum atomic E-state index is 13.5. The van der Waals surface area contributed by atoms with Crippen LogP contribution in [0.15, 0.2) is 53.3 Å². The zero-order valence-electron chi connectivity index (χ0n) is 20.7. The molecule has 2 aromatic carbocycles. The largest absolute Gasteiger partial charge is 0.497 e. The van der Waals surface area contributed by atoms with E-state index in [0.29, 0.717) is 41.9 Å². The molecule has 0 aliphatic carbocycles. The molecule has 3 aromatic rings. The average Bonchev–Trinajstić information content (AvgIpc) is 2.86. The predicted molar refractivity (Wildman–Crippen MR) is 138 cm³/mol. The Bertz CT molecular complexity index is 1140. The Hall–Kier alpha value is -3.35. The molecule has 0 saturated heterocycles. The number of ether oxygens (including phenoxy) is 1. The van der Waals surface area contributed by atoms with Crippen LogP contribution in [0.4, 0.5) is 10.5 Å². The van der Waals surface area contributed by atoms with Crippen LogP contribution in [0.1, 0.15) is 64.7 Å². The second kappa shape index (κ2) is 12.2. The number of carbonyl (C=O) groups is 1. The number of unbranched alkanes of at least 4 members (excludes halogenated alkanes) is 3. The van der Waals surface area contributed by atoms with Crippen molar-refractivity contribution in [1.82, 2.24) is 14.5 Å². The SMILES string of the molecule is CCCCCCN(C(=O)Nc1ccc(OC)cc1)C(CC)c1nc2ccccc2c(=O)n1CC. The van der Waals surface area contributed by atoms with E-state index in [2.05, 4.69) is 12.2 Å². The third-order valence-corrected chi connectivity index (χ3v) is 6.12. The second-order valence-electron chi connectivity index (χ2n) is 8.37. The molecule has 0 saturated carbocycles. The van der Waals surface area contributed by atoms with Gasteiger partial charge in [-0.25, -0.2) is 9.78 Å². The first-order valence-corrected chi connectivity index (χ1v) is 12.2. The first-order chi connectivity index (χ1) is 16.5. The van der Waals surface area contributed by atoms with Crippen LogP contribution in [-0.2, 0) is 6.54 Å². The third-order valence-electron chi connectivity index (χ3n) is 6.12. The number of urea groups is 1. The lowest BCUT2D eigenvalue weighted by molar-refractivity contribution is 0.178. The van der Waals surface area contributed by atoms with Gasteiger partial charge in [0.15, 0.2) is 0 Å². The molecule has 1 unspecified atom stereocenters. The highest BCUT2D eigenvalue weighted by Crippen LogP contribution is 2.26. The second-order valence-corrected chi connectivity index (χ2v) is 8.37. The summed E-state index contributed by atoms with van der Waals surface area (Å²) in [6.07, 6.45) is 4.83. The number of benzene rings is 2. The summed E-state index contributed by atoms with van der Waals surface area (Å²) in [5.41, 5.74) is 1.29. The van der Waals surface area contributed by atoms with E-state index in [4.69, 9.17) is 9.72 Å². The van der Waals surface area contributed by atoms with E-state index in [9.17, 15) is 9.59 Å². The van der Waals surface area contributed by atoms with Gasteiger partial charge in [-0.2, -0.15) is 0 Å². The van der Waals surface area contributed by atoms with Gasteiger partial charge in [0.05, 0.1) is 24.1 Å². The van der Waals surface area contributed by atoms with Gasteiger partial charge >= 0.3 is 6.03 Å². The van der Waals surface area contributed by atoms with Crippen LogP contribution in [0, 0.1) is 0 Å². The van der Waals surface area contributed by atoms with Crippen LogP contribution in [0.25, 0.3) is 10.9 Å². The third kappa shape index (κ3) is 5.76. The predicted octanol–water partition coefficient (Wildman–Crippen LogP) is 5.99. The topological polar surface area (TPSA) is 76.5 Å². The molecule has 34 heavy (non-hydrogen) atoms. The average molecular weight is 465 g/mol. The van der Waals surface area contributed by atoms with Crippen LogP contribution in [0.3, 0.4) is 0 Å². The number of fused-ring (bicyclic) bond motifs is 1. The molecule has 182 valence electrons. The van der Waals surface area contributed by atoms with Gasteiger partial charge in [-0.3, -0.25) is 9.36 Å². The van der Waals surface area contributed by atoms with E-state index in [1.165, 1.54) is 0 Å². The number of anilines is 1. The molecule has 1 atom stereocenters. The number of hydrogen-bond acceptors (Lipinski definition) is 4. The van der Waals surface area contributed by atoms with Crippen LogP contribution in [0.5, 0.6) is 5.75 Å². The maximum Gasteiger partial charge on any atom is 0.322 e. The molecule has 2 amide bonds. The summed E-state index contributed by atoms with van der Waals surface area (Å²) in [6.45, 7) is 7.23. The van der Waals surface area contributed by atoms with Gasteiger partial charge in [-0.05, 0) is 56.2 Å². The normalized spacial score (nSPS) is 11.9. The highest BCUT2D eigenvalue weighted by Gasteiger charge is 2.28. The monoisotopic (exact) mass is 464 g/mol. The molecule has 3 rings (SSSR count). The molecular formula is C27H36N4O3. The number of nitrogens with one attached hydrogen (secondary N) is 1. The van der Waals surface area contributed by atoms with Gasteiger partial charge in [0, 0.05) is 18.8 Å². The van der Waals surface area contributed by atoms with Crippen molar-refractivity contribution >= 4 is 22.6 Å². The van der Waals surface area contributed by atoms with E-state index >= 15 is 0 Å². The summed E-state index contributed by atoms with van der Waals surface area (Å²) >= 11 is 0. The van der Waals surface area contributed by atoms with Crippen molar-refractivity contribution in [3.8, 4) is 5.75 Å². The van der Waals surface area contributed by atoms with Crippen molar-refractivity contribution in [3.05, 3.63) is 64.7 Å². The minimum Gasteiger partial charge on any atom is -0.497 e. The van der Waals surface area contributed by atoms with Crippen molar-refractivity contribution in [1.29, 1.82) is 0 Å². The number of rotatable bonds is 11. The smallest absolute Gasteiger partial charge is 0.322 e. The van der Waals surface area contributed by atoms with E-state index in [1.807, 2.05) is 61.2 Å². The molecule has 1 N–H and O–H groups in total. The number of hydrogen-bond donors (Lipinski definition) is 1. The molecule has 0 fully saturated rings. The quantitative estimate of drug-likeness (QED) is 0.354. The van der Waals surface area contributed by atoms with Crippen molar-refractivity contribution < 1.29 is 9.53 Å². The molecule has 0 spiro atoms. The van der Waals surface area contributed by atoms with E-state index < -0.39 is 0 Å². The maximum absolute atomic E-state index is 13.5. The fourth-order valence-corrected chi connectivity index (χ4v) is 4.27. The Morgan fingerprint density at radius 1 is 1.06 bits per heavy atom. The van der Waals surface area contributed by atoms with Gasteiger partial charge < -0.3 is 15.0 Å². The molecule has 7 heteroatoms. The number of aromatic nitrogens is 2. The number of carbonyl (C=O) groups excluding carboxylic acids is 1. The van der Waals surface area contributed by atoms with Gasteiger partial charge in [0.2, 0.25) is 0 Å². The van der Waals surface area contributed by atoms with Crippen LogP contribution < -0.4 is 15.6 Å². The molecule has 1 heterocycles. The van der Waals surface area contributed by atoms with Gasteiger partial charge in [0.1, 0.15) is 11.6 Å². The minimum atomic E-state index is -0.322. The van der Waals surface area contributed by atoms with Crippen LogP contribution in [-0.4, -0.2) is 34.1 Å². The van der Waals surface area contributed by atoms with Crippen molar-refractivity contribution in [2.24, 2.45) is 0 Å². The van der Waals surface area contributed by atoms with Gasteiger partial charge in [-0.15, -0.1) is 0 Å². The van der Waals surface area contributed by atoms with Crippen molar-refractivity contribution in [2.45, 2.75) is 65.5 Å². The van der Waals surface area contributed by atoms with Crippen LogP contribution in [0.2, 0.25) is 0 Å². The first-order valence-electron chi connectivity index (χ1n) is 12.2. The minimum absolute atomic E-state index is 0.0666. The Balaban J connectivity index is 1.98. The zero-order chi connectivity index (χ0) is 24.5. The standard InChI is InChI=1S/C27H36N4O3/c1-5-8-9-12-19-31(27(33)28-20-15-17-21(34-4)18-16-20)24(6-2)25-29-23-14-11-10-13-22(23)26(32)30(25)7-3/h10-11,13-18,24H,5-9,12,19H2,1-4H3,(H,28,33). The summed E-state index contributed by atoms with van der Waals surface area (Å²) < 4.78 is 6.92. The Labute approximate surface area is 201 Å². The summed E-state index contributed by atoms with van der Waals surface area (Å²) in [7, 11) is 1.61. The molecule has 0 radical (unpaired) electrons. The van der Waals surface area contributed by atoms with E-state index in [-0.39, 0.29) is 17.6 Å². The van der Waals surface area contributed by atoms with E-state index in [0.717, 1.165) is 31.4 Å². The van der Waals surface area contributed by atoms with Crippen molar-refractivity contribution in [3.63, 3.8) is 0 Å². The molecule has 0 aliphatic heterocycles. The number of para-hydroxylation sites is 1. The number of methoxy groups -OCH3 is 1. The van der Waals surface area contributed by atoms with Gasteiger partial charge in [0.25, 0.3) is 5.56 Å². The fraction of sp³-hybridized carbons (Fsp3) is 0.444. The molecular weight excluding hydrogens is 428 g/mol. The first kappa shape index (κ1) is 25.3. The molecule has 1 aromatic heterocycles. The highest BCUT2D eigenvalue weighted by atomic mass is 16.5. The van der Waals surface area contributed by atoms with Crippen LogP contribution >= 0.6 is 0 Å². The summed E-state index contributed by atoms with van der Waals surface area (Å²) in [4.78, 5) is 33.5.